The topological polar surface area (TPSA) is 105 Å². The fourth-order valence-corrected chi connectivity index (χ4v) is 2.64. The summed E-state index contributed by atoms with van der Waals surface area (Å²) in [5.74, 6) is 3.82. The summed E-state index contributed by atoms with van der Waals surface area (Å²) in [5, 5.41) is 7.08. The number of aromatic nitrogens is 3. The van der Waals surface area contributed by atoms with Gasteiger partial charge in [-0.05, 0) is 48.9 Å². The molecule has 0 bridgehead atoms. The Hall–Kier alpha value is -3.26. The molecule has 0 saturated carbocycles. The summed E-state index contributed by atoms with van der Waals surface area (Å²) in [6.45, 7) is 2.72. The van der Waals surface area contributed by atoms with Crippen LogP contribution in [0.4, 0.5) is 0 Å². The first-order chi connectivity index (χ1) is 13.6. The highest BCUT2D eigenvalue weighted by Gasteiger charge is 2.17. The maximum Gasteiger partial charge on any atom is 0.172 e. The van der Waals surface area contributed by atoms with Crippen molar-refractivity contribution in [2.45, 2.75) is 19.6 Å². The molecule has 8 nitrogen and oxygen atoms in total. The number of ether oxygens (including phenoxy) is 4. The number of rotatable bonds is 9. The summed E-state index contributed by atoms with van der Waals surface area (Å²) in [7, 11) is 3.21. The lowest BCUT2D eigenvalue weighted by Crippen LogP contribution is -2.14. The molecule has 0 aliphatic rings. The average Bonchev–Trinajstić information content (AvgIpc) is 3.21. The first-order valence-corrected chi connectivity index (χ1v) is 8.89. The normalized spacial score (nSPS) is 11.7. The molecule has 0 aliphatic heterocycles. The number of hydrogen-bond acceptors (Lipinski definition) is 7. The quantitative estimate of drug-likeness (QED) is 0.584. The number of benzene rings is 2. The molecule has 148 valence electrons. The minimum Gasteiger partial charge on any atom is -0.497 e. The fraction of sp³-hybridized carbons (Fsp3) is 0.300. The number of hydrogen-bond donors (Lipinski definition) is 2. The van der Waals surface area contributed by atoms with Crippen molar-refractivity contribution in [1.29, 1.82) is 0 Å². The third-order valence-corrected chi connectivity index (χ3v) is 4.11. The van der Waals surface area contributed by atoms with Crippen LogP contribution < -0.4 is 24.7 Å². The molecule has 0 aliphatic carbocycles. The summed E-state index contributed by atoms with van der Waals surface area (Å²) in [6.07, 6.45) is 0. The minimum absolute atomic E-state index is 0.249. The van der Waals surface area contributed by atoms with Crippen LogP contribution in [0.1, 0.15) is 30.2 Å². The minimum atomic E-state index is -0.504. The molecule has 28 heavy (non-hydrogen) atoms. The molecule has 3 aromatic rings. The molecular weight excluding hydrogens is 360 g/mol. The van der Waals surface area contributed by atoms with Gasteiger partial charge in [-0.2, -0.15) is 5.10 Å². The van der Waals surface area contributed by atoms with Gasteiger partial charge >= 0.3 is 0 Å². The maximum absolute atomic E-state index is 6.32. The van der Waals surface area contributed by atoms with Crippen LogP contribution in [-0.4, -0.2) is 36.0 Å². The standard InChI is InChI=1S/C20H24N4O4/c1-4-27-16-10-5-13(11-17(16)26-3)19(21)20-22-18(23-24-20)12-28-15-8-6-14(25-2)7-9-15/h5-11,19H,4,12,21H2,1-3H3,(H,22,23,24)/t19-/m1/s1. The van der Waals surface area contributed by atoms with Gasteiger partial charge in [-0.3, -0.25) is 5.10 Å². The van der Waals surface area contributed by atoms with Crippen molar-refractivity contribution in [1.82, 2.24) is 15.2 Å². The van der Waals surface area contributed by atoms with Gasteiger partial charge in [0.15, 0.2) is 23.1 Å². The Balaban J connectivity index is 1.67. The van der Waals surface area contributed by atoms with Crippen LogP contribution in [-0.2, 0) is 6.61 Å². The van der Waals surface area contributed by atoms with Crippen molar-refractivity contribution < 1.29 is 18.9 Å². The molecule has 8 heteroatoms. The second kappa shape index (κ2) is 9.09. The Labute approximate surface area is 163 Å². The fourth-order valence-electron chi connectivity index (χ4n) is 2.64. The van der Waals surface area contributed by atoms with E-state index in [4.69, 9.17) is 24.7 Å². The van der Waals surface area contributed by atoms with Crippen molar-refractivity contribution in [3.05, 3.63) is 59.7 Å². The van der Waals surface area contributed by atoms with Gasteiger partial charge in [0.25, 0.3) is 0 Å². The number of methoxy groups -OCH3 is 2. The zero-order valence-electron chi connectivity index (χ0n) is 16.1. The van der Waals surface area contributed by atoms with Crippen LogP contribution in [0.2, 0.25) is 0 Å². The van der Waals surface area contributed by atoms with E-state index < -0.39 is 6.04 Å². The van der Waals surface area contributed by atoms with Gasteiger partial charge in [0.1, 0.15) is 18.1 Å². The van der Waals surface area contributed by atoms with Crippen molar-refractivity contribution in [3.63, 3.8) is 0 Å². The molecule has 0 spiro atoms. The molecule has 0 fully saturated rings. The molecule has 0 unspecified atom stereocenters. The molecule has 3 rings (SSSR count). The summed E-state index contributed by atoms with van der Waals surface area (Å²) >= 11 is 0. The highest BCUT2D eigenvalue weighted by Crippen LogP contribution is 2.31. The van der Waals surface area contributed by atoms with E-state index in [0.717, 1.165) is 11.3 Å². The Kier molecular flexibility index (Phi) is 6.33. The number of H-pyrrole nitrogens is 1. The Morgan fingerprint density at radius 2 is 1.71 bits per heavy atom. The molecule has 0 radical (unpaired) electrons. The molecule has 0 amide bonds. The summed E-state index contributed by atoms with van der Waals surface area (Å²) in [6, 6.07) is 12.4. The Morgan fingerprint density at radius 3 is 2.39 bits per heavy atom. The highest BCUT2D eigenvalue weighted by molar-refractivity contribution is 5.44. The van der Waals surface area contributed by atoms with E-state index in [-0.39, 0.29) is 6.61 Å². The number of aromatic amines is 1. The summed E-state index contributed by atoms with van der Waals surface area (Å²) in [4.78, 5) is 4.44. The van der Waals surface area contributed by atoms with Gasteiger partial charge in [0, 0.05) is 0 Å². The van der Waals surface area contributed by atoms with E-state index in [1.54, 1.807) is 14.2 Å². The zero-order chi connectivity index (χ0) is 19.9. The molecule has 0 saturated heterocycles. The molecular formula is C20H24N4O4. The van der Waals surface area contributed by atoms with Gasteiger partial charge in [-0.25, -0.2) is 4.98 Å². The average molecular weight is 384 g/mol. The molecule has 1 aromatic heterocycles. The van der Waals surface area contributed by atoms with Crippen LogP contribution in [0.25, 0.3) is 0 Å². The van der Waals surface area contributed by atoms with Crippen molar-refractivity contribution in [2.75, 3.05) is 20.8 Å². The number of nitrogens with two attached hydrogens (primary N) is 1. The van der Waals surface area contributed by atoms with E-state index in [9.17, 15) is 0 Å². The van der Waals surface area contributed by atoms with Crippen molar-refractivity contribution in [2.24, 2.45) is 5.73 Å². The van der Waals surface area contributed by atoms with E-state index >= 15 is 0 Å². The predicted molar refractivity (Wildman–Crippen MR) is 104 cm³/mol. The first kappa shape index (κ1) is 19.5. The molecule has 1 heterocycles. The van der Waals surface area contributed by atoms with Crippen LogP contribution in [0, 0.1) is 0 Å². The smallest absolute Gasteiger partial charge is 0.172 e. The van der Waals surface area contributed by atoms with Gasteiger partial charge in [-0.15, -0.1) is 0 Å². The zero-order valence-corrected chi connectivity index (χ0v) is 16.1. The van der Waals surface area contributed by atoms with Gasteiger partial charge in [-0.1, -0.05) is 6.07 Å². The van der Waals surface area contributed by atoms with Gasteiger partial charge in [0.2, 0.25) is 0 Å². The van der Waals surface area contributed by atoms with Crippen LogP contribution in [0.5, 0.6) is 23.0 Å². The maximum atomic E-state index is 6.32. The predicted octanol–water partition coefficient (Wildman–Crippen LogP) is 2.85. The lowest BCUT2D eigenvalue weighted by Gasteiger charge is -2.13. The second-order valence-corrected chi connectivity index (χ2v) is 5.93. The van der Waals surface area contributed by atoms with E-state index in [2.05, 4.69) is 15.2 Å². The van der Waals surface area contributed by atoms with Crippen molar-refractivity contribution in [3.8, 4) is 23.0 Å². The SMILES string of the molecule is CCOc1ccc([C@@H](N)c2n[nH]c(COc3ccc(OC)cc3)n2)cc1OC. The van der Waals surface area contributed by atoms with Gasteiger partial charge < -0.3 is 24.7 Å². The largest absolute Gasteiger partial charge is 0.497 e. The second-order valence-electron chi connectivity index (χ2n) is 5.93. The van der Waals surface area contributed by atoms with E-state index in [0.29, 0.717) is 35.5 Å². The van der Waals surface area contributed by atoms with E-state index in [1.165, 1.54) is 0 Å². The van der Waals surface area contributed by atoms with E-state index in [1.807, 2.05) is 49.4 Å². The summed E-state index contributed by atoms with van der Waals surface area (Å²) < 4.78 is 21.7. The summed E-state index contributed by atoms with van der Waals surface area (Å²) in [5.41, 5.74) is 7.14. The molecule has 2 aromatic carbocycles. The Bertz CT molecular complexity index is 895. The van der Waals surface area contributed by atoms with Crippen molar-refractivity contribution >= 4 is 0 Å². The third-order valence-electron chi connectivity index (χ3n) is 4.11. The lowest BCUT2D eigenvalue weighted by molar-refractivity contribution is 0.295. The number of nitrogens with zero attached hydrogens (tertiary/aromatic N) is 2. The van der Waals surface area contributed by atoms with Crippen LogP contribution in [0.3, 0.4) is 0 Å². The van der Waals surface area contributed by atoms with Crippen LogP contribution >= 0.6 is 0 Å². The molecule has 3 N–H and O–H groups in total. The Morgan fingerprint density at radius 1 is 0.964 bits per heavy atom. The highest BCUT2D eigenvalue weighted by atomic mass is 16.5. The lowest BCUT2D eigenvalue weighted by atomic mass is 10.1. The monoisotopic (exact) mass is 384 g/mol. The van der Waals surface area contributed by atoms with Crippen LogP contribution in [0.15, 0.2) is 42.5 Å². The molecule has 1 atom stereocenters. The number of nitrogens with one attached hydrogen (secondary N) is 1. The third kappa shape index (κ3) is 4.52. The van der Waals surface area contributed by atoms with Gasteiger partial charge in [0.05, 0.1) is 26.9 Å². The first-order valence-electron chi connectivity index (χ1n) is 8.89.